The number of carbonyl (C=O) groups is 2. The number of Topliss-reactive ketones (excluding diaryl/α,β-unsaturated/α-hetero) is 1. The number of aliphatic hydroxyl groups is 1. The molecule has 1 amide bonds. The Bertz CT molecular complexity index is 1290. The molecular formula is C25H21NO8. The predicted molar refractivity (Wildman–Crippen MR) is 119 cm³/mol. The molecule has 9 nitrogen and oxygen atoms in total. The van der Waals surface area contributed by atoms with Crippen LogP contribution < -0.4 is 14.2 Å². The highest BCUT2D eigenvalue weighted by Crippen LogP contribution is 2.43. The first-order valence-electron chi connectivity index (χ1n) is 10.6. The number of fused-ring (bicyclic) bond motifs is 1. The van der Waals surface area contributed by atoms with Crippen molar-refractivity contribution < 1.29 is 38.4 Å². The maximum absolute atomic E-state index is 13.2. The molecule has 0 bridgehead atoms. The van der Waals surface area contributed by atoms with E-state index in [0.29, 0.717) is 41.6 Å². The van der Waals surface area contributed by atoms with Gasteiger partial charge in [-0.15, -0.1) is 0 Å². The van der Waals surface area contributed by atoms with Gasteiger partial charge in [-0.2, -0.15) is 0 Å². The van der Waals surface area contributed by atoms with E-state index >= 15 is 0 Å². The van der Waals surface area contributed by atoms with Gasteiger partial charge in [-0.25, -0.2) is 0 Å². The molecule has 1 aromatic heterocycles. The predicted octanol–water partition coefficient (Wildman–Crippen LogP) is 3.39. The van der Waals surface area contributed by atoms with Crippen LogP contribution in [0.5, 0.6) is 23.0 Å². The second-order valence-corrected chi connectivity index (χ2v) is 7.80. The number of furan rings is 1. The van der Waals surface area contributed by atoms with Gasteiger partial charge >= 0.3 is 0 Å². The fourth-order valence-electron chi connectivity index (χ4n) is 4.17. The number of hydrogen-bond acceptors (Lipinski definition) is 8. The van der Waals surface area contributed by atoms with Gasteiger partial charge < -0.3 is 33.7 Å². The van der Waals surface area contributed by atoms with Crippen molar-refractivity contribution >= 4 is 17.4 Å². The van der Waals surface area contributed by atoms with Gasteiger partial charge in [0, 0.05) is 5.56 Å². The summed E-state index contributed by atoms with van der Waals surface area (Å²) in [6.45, 7) is 0.778. The summed E-state index contributed by atoms with van der Waals surface area (Å²) in [4.78, 5) is 27.6. The minimum absolute atomic E-state index is 0.00332. The number of methoxy groups -OCH3 is 1. The van der Waals surface area contributed by atoms with Crippen molar-refractivity contribution in [2.75, 3.05) is 20.3 Å². The molecule has 0 saturated carbocycles. The highest BCUT2D eigenvalue weighted by molar-refractivity contribution is 6.46. The summed E-state index contributed by atoms with van der Waals surface area (Å²) in [6.07, 6.45) is 1.47. The zero-order valence-corrected chi connectivity index (χ0v) is 18.2. The molecule has 1 unspecified atom stereocenters. The zero-order chi connectivity index (χ0) is 23.8. The first kappa shape index (κ1) is 21.4. The van der Waals surface area contributed by atoms with Crippen LogP contribution in [0.1, 0.15) is 22.9 Å². The molecule has 3 aromatic rings. The van der Waals surface area contributed by atoms with Crippen LogP contribution in [-0.4, -0.2) is 47.1 Å². The molecule has 5 rings (SSSR count). The third-order valence-corrected chi connectivity index (χ3v) is 5.78. The highest BCUT2D eigenvalue weighted by Gasteiger charge is 2.46. The molecule has 2 aromatic carbocycles. The number of benzene rings is 2. The van der Waals surface area contributed by atoms with Crippen LogP contribution in [0.2, 0.25) is 0 Å². The molecule has 3 heterocycles. The van der Waals surface area contributed by atoms with Crippen molar-refractivity contribution in [3.63, 3.8) is 0 Å². The largest absolute Gasteiger partial charge is 0.507 e. The number of amides is 1. The van der Waals surface area contributed by atoms with E-state index < -0.39 is 17.7 Å². The number of phenols is 1. The Morgan fingerprint density at radius 1 is 1.09 bits per heavy atom. The molecule has 2 aliphatic rings. The number of hydrogen-bond donors (Lipinski definition) is 2. The van der Waals surface area contributed by atoms with Crippen LogP contribution in [-0.2, 0) is 16.1 Å². The average Bonchev–Trinajstić information content (AvgIpc) is 3.46. The number of rotatable bonds is 5. The maximum atomic E-state index is 13.2. The number of aromatic hydroxyl groups is 1. The maximum Gasteiger partial charge on any atom is 0.296 e. The summed E-state index contributed by atoms with van der Waals surface area (Å²) in [5, 5.41) is 21.3. The molecule has 2 N–H and O–H groups in total. The van der Waals surface area contributed by atoms with E-state index in [-0.39, 0.29) is 29.4 Å². The topological polar surface area (TPSA) is 119 Å². The van der Waals surface area contributed by atoms with E-state index in [9.17, 15) is 19.8 Å². The first-order valence-corrected chi connectivity index (χ1v) is 10.6. The van der Waals surface area contributed by atoms with E-state index in [0.717, 1.165) is 0 Å². The van der Waals surface area contributed by atoms with Gasteiger partial charge in [-0.3, -0.25) is 9.59 Å². The van der Waals surface area contributed by atoms with Crippen LogP contribution in [0.15, 0.2) is 64.8 Å². The molecule has 2 aliphatic heterocycles. The summed E-state index contributed by atoms with van der Waals surface area (Å²) in [5.41, 5.74) is 0.677. The Labute approximate surface area is 194 Å². The summed E-state index contributed by atoms with van der Waals surface area (Å²) in [7, 11) is 1.40. The highest BCUT2D eigenvalue weighted by atomic mass is 16.6. The molecular weight excluding hydrogens is 442 g/mol. The van der Waals surface area contributed by atoms with Gasteiger partial charge in [-0.05, 0) is 48.0 Å². The normalized spacial score (nSPS) is 18.9. The minimum atomic E-state index is -0.951. The Balaban J connectivity index is 1.66. The molecule has 34 heavy (non-hydrogen) atoms. The standard InChI is InChI=1S/C25H21NO8/c1-31-19-11-14(4-6-17(19)27)22-21(24(29)25(30)26(22)13-16-3-2-8-32-16)23(28)15-5-7-18-20(12-15)34-10-9-33-18/h2-8,11-12,22,27-28H,9-10,13H2,1H3. The monoisotopic (exact) mass is 463 g/mol. The van der Waals surface area contributed by atoms with Crippen LogP contribution in [0.25, 0.3) is 5.76 Å². The summed E-state index contributed by atoms with van der Waals surface area (Å²) in [5.74, 6) is -0.472. The summed E-state index contributed by atoms with van der Waals surface area (Å²) >= 11 is 0. The Morgan fingerprint density at radius 3 is 2.62 bits per heavy atom. The molecule has 0 aliphatic carbocycles. The van der Waals surface area contributed by atoms with Crippen molar-refractivity contribution in [1.82, 2.24) is 4.90 Å². The van der Waals surface area contributed by atoms with Crippen LogP contribution in [0.4, 0.5) is 0 Å². The number of phenolic OH excluding ortho intramolecular Hbond substituents is 1. The lowest BCUT2D eigenvalue weighted by Crippen LogP contribution is -2.29. The van der Waals surface area contributed by atoms with Gasteiger partial charge in [0.2, 0.25) is 0 Å². The summed E-state index contributed by atoms with van der Waals surface area (Å²) < 4.78 is 21.7. The lowest BCUT2D eigenvalue weighted by atomic mass is 9.94. The lowest BCUT2D eigenvalue weighted by molar-refractivity contribution is -0.140. The second kappa shape index (κ2) is 8.51. The molecule has 9 heteroatoms. The van der Waals surface area contributed by atoms with E-state index in [1.165, 1.54) is 30.4 Å². The molecule has 0 spiro atoms. The minimum Gasteiger partial charge on any atom is -0.507 e. The van der Waals surface area contributed by atoms with Crippen molar-refractivity contribution in [2.24, 2.45) is 0 Å². The molecule has 0 radical (unpaired) electrons. The molecule has 1 fully saturated rings. The number of aliphatic hydroxyl groups excluding tert-OH is 1. The van der Waals surface area contributed by atoms with E-state index in [4.69, 9.17) is 18.6 Å². The van der Waals surface area contributed by atoms with Gasteiger partial charge in [-0.1, -0.05) is 6.07 Å². The van der Waals surface area contributed by atoms with Gasteiger partial charge in [0.25, 0.3) is 11.7 Å². The Kier molecular flexibility index (Phi) is 5.37. The van der Waals surface area contributed by atoms with Crippen molar-refractivity contribution in [1.29, 1.82) is 0 Å². The van der Waals surface area contributed by atoms with Crippen LogP contribution in [0, 0.1) is 0 Å². The quantitative estimate of drug-likeness (QED) is 0.336. The first-order chi connectivity index (χ1) is 16.5. The van der Waals surface area contributed by atoms with Gasteiger partial charge in [0.15, 0.2) is 23.0 Å². The average molecular weight is 463 g/mol. The van der Waals surface area contributed by atoms with Gasteiger partial charge in [0.1, 0.15) is 24.7 Å². The van der Waals surface area contributed by atoms with Crippen molar-refractivity contribution in [3.8, 4) is 23.0 Å². The fraction of sp³-hybridized carbons (Fsp3) is 0.200. The second-order valence-electron chi connectivity index (χ2n) is 7.80. The molecule has 174 valence electrons. The van der Waals surface area contributed by atoms with E-state index in [1.807, 2.05) is 0 Å². The lowest BCUT2D eigenvalue weighted by Gasteiger charge is -2.25. The smallest absolute Gasteiger partial charge is 0.296 e. The summed E-state index contributed by atoms with van der Waals surface area (Å²) in [6, 6.07) is 11.7. The third kappa shape index (κ3) is 3.61. The van der Waals surface area contributed by atoms with Gasteiger partial charge in [0.05, 0.1) is 31.5 Å². The Hall–Kier alpha value is -4.40. The fourth-order valence-corrected chi connectivity index (χ4v) is 4.17. The van der Waals surface area contributed by atoms with E-state index in [1.54, 1.807) is 36.4 Å². The zero-order valence-electron chi connectivity index (χ0n) is 18.2. The Morgan fingerprint density at radius 2 is 1.88 bits per heavy atom. The SMILES string of the molecule is COc1cc(C2C(=C(O)c3ccc4c(c3)OCCO4)C(=O)C(=O)N2Cc2ccco2)ccc1O. The number of likely N-dealkylation sites (tertiary alicyclic amines) is 1. The number of ketones is 1. The number of carbonyl (C=O) groups excluding carboxylic acids is 2. The van der Waals surface area contributed by atoms with E-state index in [2.05, 4.69) is 0 Å². The molecule has 1 atom stereocenters. The molecule has 1 saturated heterocycles. The number of nitrogens with zero attached hydrogens (tertiary/aromatic N) is 1. The van der Waals surface area contributed by atoms with Crippen LogP contribution >= 0.6 is 0 Å². The van der Waals surface area contributed by atoms with Crippen molar-refractivity contribution in [3.05, 3.63) is 77.3 Å². The third-order valence-electron chi connectivity index (χ3n) is 5.78. The number of ether oxygens (including phenoxy) is 3. The van der Waals surface area contributed by atoms with Crippen molar-refractivity contribution in [2.45, 2.75) is 12.6 Å². The van der Waals surface area contributed by atoms with Crippen LogP contribution in [0.3, 0.4) is 0 Å².